The van der Waals surface area contributed by atoms with E-state index < -0.39 is 0 Å². The zero-order chi connectivity index (χ0) is 16.9. The predicted molar refractivity (Wildman–Crippen MR) is 89.5 cm³/mol. The number of amides is 1. The number of anilines is 1. The van der Waals surface area contributed by atoms with E-state index in [1.807, 2.05) is 13.8 Å². The molecule has 0 radical (unpaired) electrons. The van der Waals surface area contributed by atoms with Crippen LogP contribution in [0.15, 0.2) is 46.4 Å². The zero-order valence-electron chi connectivity index (χ0n) is 13.2. The maximum absolute atomic E-state index is 12.1. The lowest BCUT2D eigenvalue weighted by Crippen LogP contribution is -2.18. The first-order chi connectivity index (χ1) is 11.6. The fraction of sp³-hybridized carbons (Fsp3) is 0.267. The van der Waals surface area contributed by atoms with Gasteiger partial charge in [0.1, 0.15) is 5.82 Å². The van der Waals surface area contributed by atoms with Crippen LogP contribution in [0.4, 0.5) is 5.82 Å². The maximum Gasteiger partial charge on any atom is 0.277 e. The Kier molecular flexibility index (Phi) is 4.90. The molecule has 0 saturated carbocycles. The van der Waals surface area contributed by atoms with Gasteiger partial charge < -0.3 is 9.73 Å². The van der Waals surface area contributed by atoms with Crippen molar-refractivity contribution in [3.8, 4) is 11.5 Å². The van der Waals surface area contributed by atoms with Gasteiger partial charge in [-0.15, -0.1) is 10.2 Å². The second kappa shape index (κ2) is 7.26. The van der Waals surface area contributed by atoms with Crippen LogP contribution in [0.5, 0.6) is 0 Å². The third-order valence-corrected chi connectivity index (χ3v) is 3.91. The van der Waals surface area contributed by atoms with Crippen LogP contribution >= 0.6 is 11.8 Å². The van der Waals surface area contributed by atoms with Gasteiger partial charge in [0.15, 0.2) is 0 Å². The minimum Gasteiger partial charge on any atom is -0.411 e. The monoisotopic (exact) mass is 344 g/mol. The normalized spacial score (nSPS) is 11.0. The summed E-state index contributed by atoms with van der Waals surface area (Å²) in [6.45, 7) is 3.99. The molecule has 24 heavy (non-hydrogen) atoms. The van der Waals surface area contributed by atoms with Crippen LogP contribution in [0.25, 0.3) is 11.5 Å². The van der Waals surface area contributed by atoms with Crippen LogP contribution in [0.2, 0.25) is 0 Å². The van der Waals surface area contributed by atoms with E-state index >= 15 is 0 Å². The molecule has 0 fully saturated rings. The Bertz CT molecular complexity index is 814. The first-order valence-electron chi connectivity index (χ1n) is 7.33. The number of nitrogens with zero attached hydrogens (tertiary/aromatic N) is 5. The second-order valence-corrected chi connectivity index (χ2v) is 6.13. The van der Waals surface area contributed by atoms with Gasteiger partial charge in [-0.1, -0.05) is 11.8 Å². The first kappa shape index (κ1) is 16.2. The summed E-state index contributed by atoms with van der Waals surface area (Å²) >= 11 is 1.18. The Hall–Kier alpha value is -2.68. The molecule has 0 aromatic carbocycles. The molecular formula is C15H16N6O2S. The number of hydrogen-bond donors (Lipinski definition) is 1. The minimum absolute atomic E-state index is 0.161. The molecule has 0 bridgehead atoms. The number of hydrogen-bond acceptors (Lipinski definition) is 7. The Morgan fingerprint density at radius 2 is 2.04 bits per heavy atom. The summed E-state index contributed by atoms with van der Waals surface area (Å²) in [5, 5.41) is 15.2. The van der Waals surface area contributed by atoms with Gasteiger partial charge in [0.25, 0.3) is 5.22 Å². The Labute approximate surface area is 142 Å². The van der Waals surface area contributed by atoms with Gasteiger partial charge in [-0.25, -0.2) is 4.68 Å². The largest absolute Gasteiger partial charge is 0.411 e. The second-order valence-electron chi connectivity index (χ2n) is 5.20. The third kappa shape index (κ3) is 3.80. The molecule has 8 nitrogen and oxygen atoms in total. The summed E-state index contributed by atoms with van der Waals surface area (Å²) in [5.41, 5.74) is 0.787. The van der Waals surface area contributed by atoms with Crippen molar-refractivity contribution in [2.75, 3.05) is 11.1 Å². The molecule has 3 heterocycles. The summed E-state index contributed by atoms with van der Waals surface area (Å²) in [5.74, 6) is 1.07. The number of carbonyl (C=O) groups excluding carboxylic acids is 1. The molecule has 3 aromatic heterocycles. The molecule has 124 valence electrons. The molecule has 9 heteroatoms. The smallest absolute Gasteiger partial charge is 0.277 e. The van der Waals surface area contributed by atoms with Crippen LogP contribution in [0, 0.1) is 0 Å². The molecule has 1 N–H and O–H groups in total. The lowest BCUT2D eigenvalue weighted by atomic mass is 10.3. The molecule has 0 aliphatic carbocycles. The number of rotatable bonds is 6. The molecule has 0 saturated heterocycles. The van der Waals surface area contributed by atoms with Crippen molar-refractivity contribution >= 4 is 23.5 Å². The fourth-order valence-electron chi connectivity index (χ4n) is 2.01. The number of carbonyl (C=O) groups is 1. The lowest BCUT2D eigenvalue weighted by molar-refractivity contribution is -0.113. The van der Waals surface area contributed by atoms with Crippen molar-refractivity contribution in [1.82, 2.24) is 25.0 Å². The van der Waals surface area contributed by atoms with Gasteiger partial charge in [-0.2, -0.15) is 5.10 Å². The van der Waals surface area contributed by atoms with Crippen LogP contribution < -0.4 is 5.32 Å². The van der Waals surface area contributed by atoms with E-state index in [0.717, 1.165) is 5.56 Å². The lowest BCUT2D eigenvalue weighted by Gasteiger charge is -2.11. The van der Waals surface area contributed by atoms with Gasteiger partial charge in [0, 0.05) is 30.1 Å². The first-order valence-corrected chi connectivity index (χ1v) is 8.32. The summed E-state index contributed by atoms with van der Waals surface area (Å²) in [6.07, 6.45) is 4.96. The van der Waals surface area contributed by atoms with Crippen LogP contribution in [-0.4, -0.2) is 36.6 Å². The van der Waals surface area contributed by atoms with Gasteiger partial charge in [-0.05, 0) is 26.0 Å². The van der Waals surface area contributed by atoms with Crippen molar-refractivity contribution in [3.05, 3.63) is 36.8 Å². The number of aromatic nitrogens is 5. The van der Waals surface area contributed by atoms with Crippen LogP contribution in [-0.2, 0) is 4.79 Å². The summed E-state index contributed by atoms with van der Waals surface area (Å²) in [4.78, 5) is 16.0. The number of pyridine rings is 1. The van der Waals surface area contributed by atoms with Gasteiger partial charge in [0.05, 0.1) is 11.9 Å². The Balaban J connectivity index is 1.57. The molecule has 0 aliphatic rings. The van der Waals surface area contributed by atoms with E-state index in [9.17, 15) is 4.79 Å². The number of thioether (sulfide) groups is 1. The highest BCUT2D eigenvalue weighted by Gasteiger charge is 2.13. The standard InChI is InChI=1S/C15H16N6O2S/c1-10(2)21-12(5-8-17-21)18-13(22)9-24-15-20-19-14(23-15)11-3-6-16-7-4-11/h3-8,10H,9H2,1-2H3,(H,18,22). The highest BCUT2D eigenvalue weighted by molar-refractivity contribution is 7.99. The molecule has 3 rings (SSSR count). The molecule has 3 aromatic rings. The highest BCUT2D eigenvalue weighted by Crippen LogP contribution is 2.22. The van der Waals surface area contributed by atoms with Gasteiger partial charge in [0.2, 0.25) is 11.8 Å². The van der Waals surface area contributed by atoms with E-state index in [0.29, 0.717) is 16.9 Å². The zero-order valence-corrected chi connectivity index (χ0v) is 14.0. The van der Waals surface area contributed by atoms with Crippen molar-refractivity contribution < 1.29 is 9.21 Å². The van der Waals surface area contributed by atoms with E-state index in [1.165, 1.54) is 11.8 Å². The highest BCUT2D eigenvalue weighted by atomic mass is 32.2. The van der Waals surface area contributed by atoms with E-state index in [1.54, 1.807) is 41.5 Å². The van der Waals surface area contributed by atoms with E-state index in [2.05, 4.69) is 25.6 Å². The van der Waals surface area contributed by atoms with Crippen molar-refractivity contribution in [1.29, 1.82) is 0 Å². The molecule has 0 aliphatic heterocycles. The topological polar surface area (TPSA) is 98.7 Å². The average molecular weight is 344 g/mol. The molecule has 0 spiro atoms. The third-order valence-electron chi connectivity index (χ3n) is 3.09. The SMILES string of the molecule is CC(C)n1nccc1NC(=O)CSc1nnc(-c2ccncc2)o1. The Morgan fingerprint density at radius 3 is 2.79 bits per heavy atom. The predicted octanol–water partition coefficient (Wildman–Crippen LogP) is 2.64. The fourth-order valence-corrected chi connectivity index (χ4v) is 2.57. The maximum atomic E-state index is 12.1. The Morgan fingerprint density at radius 1 is 1.25 bits per heavy atom. The van der Waals surface area contributed by atoms with Gasteiger partial charge >= 0.3 is 0 Å². The van der Waals surface area contributed by atoms with E-state index in [4.69, 9.17) is 4.42 Å². The van der Waals surface area contributed by atoms with Crippen LogP contribution in [0.3, 0.4) is 0 Å². The summed E-state index contributed by atoms with van der Waals surface area (Å²) in [7, 11) is 0. The average Bonchev–Trinajstić information content (AvgIpc) is 3.23. The quantitative estimate of drug-likeness (QED) is 0.686. The molecule has 1 amide bonds. The van der Waals surface area contributed by atoms with Crippen molar-refractivity contribution in [3.63, 3.8) is 0 Å². The molecular weight excluding hydrogens is 328 g/mol. The number of nitrogens with one attached hydrogen (secondary N) is 1. The van der Waals surface area contributed by atoms with E-state index in [-0.39, 0.29) is 17.7 Å². The van der Waals surface area contributed by atoms with Gasteiger partial charge in [-0.3, -0.25) is 9.78 Å². The van der Waals surface area contributed by atoms with Crippen LogP contribution in [0.1, 0.15) is 19.9 Å². The van der Waals surface area contributed by atoms with Crippen molar-refractivity contribution in [2.45, 2.75) is 25.1 Å². The van der Waals surface area contributed by atoms with Crippen molar-refractivity contribution in [2.24, 2.45) is 0 Å². The minimum atomic E-state index is -0.161. The summed E-state index contributed by atoms with van der Waals surface area (Å²) < 4.78 is 7.28. The summed E-state index contributed by atoms with van der Waals surface area (Å²) in [6, 6.07) is 5.49. The molecule has 0 atom stereocenters. The molecule has 0 unspecified atom stereocenters.